The first-order valence-corrected chi connectivity index (χ1v) is 7.02. The van der Waals surface area contributed by atoms with E-state index in [0.717, 1.165) is 22.4 Å². The smallest absolute Gasteiger partial charge is 0.330 e. The van der Waals surface area contributed by atoms with E-state index in [0.29, 0.717) is 6.61 Å². The van der Waals surface area contributed by atoms with Crippen molar-refractivity contribution in [3.8, 4) is 16.9 Å². The molecule has 0 aliphatic rings. The number of rotatable bonds is 5. The predicted octanol–water partition coefficient (Wildman–Crippen LogP) is 3.96. The van der Waals surface area contributed by atoms with Crippen LogP contribution < -0.4 is 4.74 Å². The molecule has 0 aliphatic carbocycles. The molecule has 2 rings (SSSR count). The summed E-state index contributed by atoms with van der Waals surface area (Å²) in [7, 11) is 1.65. The lowest BCUT2D eigenvalue weighted by atomic mass is 10.0. The summed E-state index contributed by atoms with van der Waals surface area (Å²) >= 11 is 0. The Balaban J connectivity index is 0.00000127. The molecule has 0 aliphatic heterocycles. The van der Waals surface area contributed by atoms with Crippen LogP contribution in [0.25, 0.3) is 17.2 Å². The summed E-state index contributed by atoms with van der Waals surface area (Å²) in [5, 5.41) is 12.0. The Morgan fingerprint density at radius 1 is 1.00 bits per heavy atom. The molecule has 0 bridgehead atoms. The highest BCUT2D eigenvalue weighted by molar-refractivity contribution is 5.87. The molecule has 5 nitrogen and oxygen atoms in total. The fourth-order valence-corrected chi connectivity index (χ4v) is 1.92. The summed E-state index contributed by atoms with van der Waals surface area (Å²) in [5.41, 5.74) is 3.20. The number of hydrogen-bond donors (Lipinski definition) is 2. The molecule has 0 unspecified atom stereocenters. The summed E-state index contributed by atoms with van der Waals surface area (Å²) in [6, 6.07) is 15.9. The lowest BCUT2D eigenvalue weighted by Crippen LogP contribution is -1.98. The van der Waals surface area contributed by atoms with Gasteiger partial charge in [-0.2, -0.15) is 0 Å². The first-order chi connectivity index (χ1) is 11.2. The largest absolute Gasteiger partial charge is 0.497 e. The monoisotopic (exact) mass is 316 g/mol. The van der Waals surface area contributed by atoms with Gasteiger partial charge in [-0.1, -0.05) is 36.4 Å². The van der Waals surface area contributed by atoms with Crippen LogP contribution >= 0.6 is 0 Å². The molecule has 0 radical (unpaired) electrons. The third-order valence-corrected chi connectivity index (χ3v) is 3.03. The minimum Gasteiger partial charge on any atom is -0.497 e. The second-order valence-electron chi connectivity index (χ2n) is 4.44. The maximum Gasteiger partial charge on any atom is 0.330 e. The van der Waals surface area contributed by atoms with Crippen LogP contribution in [-0.4, -0.2) is 30.2 Å². The number of methoxy groups -OCH3 is 1. The zero-order chi connectivity index (χ0) is 17.1. The minimum absolute atomic E-state index is 0.322. The summed E-state index contributed by atoms with van der Waals surface area (Å²) in [5.74, 6) is 0.518. The van der Waals surface area contributed by atoms with Gasteiger partial charge in [0, 0.05) is 6.08 Å². The van der Waals surface area contributed by atoms with Crippen LogP contribution in [0.2, 0.25) is 0 Å². The van der Waals surface area contributed by atoms with Crippen molar-refractivity contribution in [2.75, 3.05) is 13.7 Å². The molecule has 0 heterocycles. The van der Waals surface area contributed by atoms with Gasteiger partial charge in [0.25, 0.3) is 0 Å². The van der Waals surface area contributed by atoms with Crippen LogP contribution in [0.4, 0.5) is 0 Å². The van der Waals surface area contributed by atoms with Gasteiger partial charge in [0.1, 0.15) is 5.75 Å². The average molecular weight is 316 g/mol. The Morgan fingerprint density at radius 2 is 1.52 bits per heavy atom. The van der Waals surface area contributed by atoms with Crippen LogP contribution in [0.1, 0.15) is 12.5 Å². The van der Waals surface area contributed by atoms with Gasteiger partial charge in [0.15, 0.2) is 0 Å². The van der Waals surface area contributed by atoms with Crippen molar-refractivity contribution in [3.63, 3.8) is 0 Å². The fourth-order valence-electron chi connectivity index (χ4n) is 1.92. The predicted molar refractivity (Wildman–Crippen MR) is 89.4 cm³/mol. The van der Waals surface area contributed by atoms with Crippen LogP contribution in [0.3, 0.4) is 0 Å². The summed E-state index contributed by atoms with van der Waals surface area (Å²) in [4.78, 5) is 11.2. The highest BCUT2D eigenvalue weighted by Gasteiger charge is 1.99. The summed E-state index contributed by atoms with van der Waals surface area (Å²) in [6.45, 7) is 2.18. The molecule has 0 saturated heterocycles. The van der Waals surface area contributed by atoms with Crippen molar-refractivity contribution in [3.05, 3.63) is 60.2 Å². The number of carbonyl (C=O) groups is 1. The third-order valence-electron chi connectivity index (χ3n) is 3.03. The Morgan fingerprint density at radius 3 is 2.00 bits per heavy atom. The van der Waals surface area contributed by atoms with E-state index in [4.69, 9.17) is 20.0 Å². The lowest BCUT2D eigenvalue weighted by molar-refractivity contribution is -0.176. The molecule has 2 N–H and O–H groups in total. The van der Waals surface area contributed by atoms with Gasteiger partial charge in [-0.25, -0.2) is 4.79 Å². The Bertz CT molecular complexity index is 615. The highest BCUT2D eigenvalue weighted by atomic mass is 17.0. The van der Waals surface area contributed by atoms with E-state index in [2.05, 4.69) is 0 Å². The number of hydrogen-bond acceptors (Lipinski definition) is 5. The molecule has 23 heavy (non-hydrogen) atoms. The molecule has 2 aromatic rings. The van der Waals surface area contributed by atoms with Crippen molar-refractivity contribution in [1.29, 1.82) is 0 Å². The zero-order valence-electron chi connectivity index (χ0n) is 13.1. The van der Waals surface area contributed by atoms with Crippen LogP contribution in [-0.2, 0) is 9.53 Å². The van der Waals surface area contributed by atoms with E-state index in [1.54, 1.807) is 20.1 Å². The Kier molecular flexibility index (Phi) is 8.13. The quantitative estimate of drug-likeness (QED) is 0.378. The summed E-state index contributed by atoms with van der Waals surface area (Å²) < 4.78 is 9.99. The van der Waals surface area contributed by atoms with Gasteiger partial charge in [-0.05, 0) is 41.8 Å². The second-order valence-corrected chi connectivity index (χ2v) is 4.44. The van der Waals surface area contributed by atoms with E-state index < -0.39 is 0 Å². The molecular weight excluding hydrogens is 296 g/mol. The zero-order valence-corrected chi connectivity index (χ0v) is 13.1. The number of ether oxygens (including phenoxy) is 2. The van der Waals surface area contributed by atoms with Crippen molar-refractivity contribution in [2.24, 2.45) is 0 Å². The van der Waals surface area contributed by atoms with Crippen LogP contribution in [0.5, 0.6) is 5.75 Å². The number of benzene rings is 2. The van der Waals surface area contributed by atoms with E-state index in [9.17, 15) is 4.79 Å². The molecule has 5 heteroatoms. The molecule has 122 valence electrons. The third kappa shape index (κ3) is 5.94. The average Bonchev–Trinajstić information content (AvgIpc) is 2.62. The molecule has 0 spiro atoms. The van der Waals surface area contributed by atoms with E-state index >= 15 is 0 Å². The molecule has 0 saturated carbocycles. The Hall–Kier alpha value is -2.63. The maximum absolute atomic E-state index is 11.2. The minimum atomic E-state index is -0.322. The van der Waals surface area contributed by atoms with Gasteiger partial charge < -0.3 is 9.47 Å². The molecule has 0 atom stereocenters. The van der Waals surface area contributed by atoms with Gasteiger partial charge in [0.2, 0.25) is 0 Å². The molecule has 0 amide bonds. The highest BCUT2D eigenvalue weighted by Crippen LogP contribution is 2.22. The van der Waals surface area contributed by atoms with Crippen molar-refractivity contribution < 1.29 is 24.8 Å². The van der Waals surface area contributed by atoms with E-state index in [1.165, 1.54) is 6.08 Å². The molecule has 0 fully saturated rings. The molecule has 0 aromatic heterocycles. The first-order valence-electron chi connectivity index (χ1n) is 7.02. The summed E-state index contributed by atoms with van der Waals surface area (Å²) in [6.07, 6.45) is 3.18. The standard InChI is InChI=1S/C18H18O3.H2O2/c1-3-21-18(19)13-6-14-4-7-15(8-5-14)16-9-11-17(20-2)12-10-16;1-2/h4-13H,3H2,1-2H3;1-2H/b13-6+;. The van der Waals surface area contributed by atoms with Gasteiger partial charge in [-0.15, -0.1) is 0 Å². The molecule has 2 aromatic carbocycles. The van der Waals surface area contributed by atoms with Gasteiger partial charge in [-0.3, -0.25) is 10.5 Å². The maximum atomic E-state index is 11.2. The normalized spacial score (nSPS) is 9.91. The topological polar surface area (TPSA) is 76.0 Å². The molecular formula is C18H20O5. The van der Waals surface area contributed by atoms with Crippen molar-refractivity contribution in [2.45, 2.75) is 6.92 Å². The van der Waals surface area contributed by atoms with E-state index in [1.807, 2.05) is 48.5 Å². The van der Waals surface area contributed by atoms with Crippen molar-refractivity contribution in [1.82, 2.24) is 0 Å². The Labute approximate surface area is 135 Å². The number of esters is 1. The number of carbonyl (C=O) groups excluding carboxylic acids is 1. The van der Waals surface area contributed by atoms with Crippen LogP contribution in [0.15, 0.2) is 54.6 Å². The van der Waals surface area contributed by atoms with Gasteiger partial charge >= 0.3 is 5.97 Å². The SMILES string of the molecule is CCOC(=O)/C=C/c1ccc(-c2ccc(OC)cc2)cc1.OO. The lowest BCUT2D eigenvalue weighted by Gasteiger charge is -2.04. The first kappa shape index (κ1) is 18.4. The second kappa shape index (κ2) is 10.2. The van der Waals surface area contributed by atoms with Crippen molar-refractivity contribution >= 4 is 12.0 Å². The fraction of sp³-hybridized carbons (Fsp3) is 0.167. The van der Waals surface area contributed by atoms with Crippen LogP contribution in [0, 0.1) is 0 Å². The van der Waals surface area contributed by atoms with E-state index in [-0.39, 0.29) is 5.97 Å². The van der Waals surface area contributed by atoms with Gasteiger partial charge in [0.05, 0.1) is 13.7 Å².